The molecule has 8 nitrogen and oxygen atoms in total. The van der Waals surface area contributed by atoms with Crippen LogP contribution >= 0.6 is 0 Å². The van der Waals surface area contributed by atoms with Gasteiger partial charge in [-0.15, -0.1) is 0 Å². The number of amides is 2. The molecule has 8 heteroatoms. The molecule has 0 aliphatic carbocycles. The zero-order chi connectivity index (χ0) is 23.2. The fourth-order valence-electron chi connectivity index (χ4n) is 4.13. The van der Waals surface area contributed by atoms with Crippen LogP contribution in [0.1, 0.15) is 25.7 Å². The smallest absolute Gasteiger partial charge is 0.326 e. The summed E-state index contributed by atoms with van der Waals surface area (Å²) in [5, 5.41) is 15.2. The first-order chi connectivity index (χ1) is 16.0. The molecule has 172 valence electrons. The van der Waals surface area contributed by atoms with Crippen molar-refractivity contribution in [2.45, 2.75) is 37.8 Å². The number of carbonyl (C=O) groups excluding carboxylic acids is 2. The molecule has 2 aromatic rings. The van der Waals surface area contributed by atoms with Gasteiger partial charge < -0.3 is 25.5 Å². The number of rotatable bonds is 7. The fourth-order valence-corrected chi connectivity index (χ4v) is 4.13. The molecular formula is C25H28N4O4. The van der Waals surface area contributed by atoms with E-state index in [1.807, 2.05) is 65.7 Å². The highest BCUT2D eigenvalue weighted by Gasteiger charge is 2.31. The quantitative estimate of drug-likeness (QED) is 0.602. The van der Waals surface area contributed by atoms with Gasteiger partial charge in [-0.25, -0.2) is 4.79 Å². The number of benzene rings is 2. The van der Waals surface area contributed by atoms with Gasteiger partial charge in [-0.3, -0.25) is 9.59 Å². The van der Waals surface area contributed by atoms with Crippen molar-refractivity contribution in [3.8, 4) is 11.1 Å². The van der Waals surface area contributed by atoms with E-state index >= 15 is 0 Å². The number of nitrogens with one attached hydrogen (secondary N) is 2. The average Bonchev–Trinajstić information content (AvgIpc) is 3.23. The van der Waals surface area contributed by atoms with Crippen molar-refractivity contribution in [2.24, 2.45) is 0 Å². The molecule has 2 aliphatic heterocycles. The van der Waals surface area contributed by atoms with Crippen LogP contribution in [0.3, 0.4) is 0 Å². The van der Waals surface area contributed by atoms with Gasteiger partial charge in [0.05, 0.1) is 13.1 Å². The fraction of sp³-hybridized carbons (Fsp3) is 0.320. The molecule has 2 aromatic carbocycles. The lowest BCUT2D eigenvalue weighted by Gasteiger charge is -2.27. The van der Waals surface area contributed by atoms with Crippen LogP contribution < -0.4 is 15.5 Å². The molecule has 33 heavy (non-hydrogen) atoms. The zero-order valence-corrected chi connectivity index (χ0v) is 18.3. The predicted octanol–water partition coefficient (Wildman–Crippen LogP) is 2.53. The second-order valence-corrected chi connectivity index (χ2v) is 8.30. The molecule has 2 atom stereocenters. The maximum absolute atomic E-state index is 12.5. The van der Waals surface area contributed by atoms with Gasteiger partial charge in [0, 0.05) is 24.6 Å². The summed E-state index contributed by atoms with van der Waals surface area (Å²) in [4.78, 5) is 40.1. The van der Waals surface area contributed by atoms with Crippen molar-refractivity contribution in [2.75, 3.05) is 18.1 Å². The lowest BCUT2D eigenvalue weighted by molar-refractivity contribution is -0.144. The van der Waals surface area contributed by atoms with Gasteiger partial charge in [-0.05, 0) is 42.5 Å². The monoisotopic (exact) mass is 448 g/mol. The molecule has 2 aliphatic rings. The van der Waals surface area contributed by atoms with Crippen LogP contribution in [0.4, 0.5) is 5.69 Å². The van der Waals surface area contributed by atoms with E-state index in [0.29, 0.717) is 19.6 Å². The molecule has 0 spiro atoms. The summed E-state index contributed by atoms with van der Waals surface area (Å²) in [5.74, 6) is -1.73. The first-order valence-corrected chi connectivity index (χ1v) is 11.2. The zero-order valence-electron chi connectivity index (χ0n) is 18.3. The largest absolute Gasteiger partial charge is 0.480 e. The first kappa shape index (κ1) is 22.4. The molecule has 2 heterocycles. The summed E-state index contributed by atoms with van der Waals surface area (Å²) in [7, 11) is 0. The Morgan fingerprint density at radius 1 is 1.03 bits per heavy atom. The lowest BCUT2D eigenvalue weighted by atomic mass is 10.1. The number of carboxylic acid groups (broad SMARTS) is 1. The van der Waals surface area contributed by atoms with Crippen LogP contribution in [0.2, 0.25) is 0 Å². The van der Waals surface area contributed by atoms with Gasteiger partial charge in [-0.2, -0.15) is 0 Å². The van der Waals surface area contributed by atoms with Crippen molar-refractivity contribution in [1.29, 1.82) is 0 Å². The Kier molecular flexibility index (Phi) is 6.92. The summed E-state index contributed by atoms with van der Waals surface area (Å²) < 4.78 is 0. The second kappa shape index (κ2) is 10.2. The SMILES string of the molecule is O=C(CC(C(=O)O)N1C=CN(c2ccc(-c3ccccc3)cc2)C1)N[C@H]1CCCCNC1=O. The molecule has 1 unspecified atom stereocenters. The third-order valence-electron chi connectivity index (χ3n) is 5.99. The predicted molar refractivity (Wildman–Crippen MR) is 125 cm³/mol. The molecule has 0 aromatic heterocycles. The Balaban J connectivity index is 1.37. The van der Waals surface area contributed by atoms with Crippen LogP contribution in [-0.2, 0) is 14.4 Å². The minimum absolute atomic E-state index is 0.209. The van der Waals surface area contributed by atoms with E-state index < -0.39 is 24.0 Å². The van der Waals surface area contributed by atoms with E-state index in [2.05, 4.69) is 10.6 Å². The number of aliphatic carboxylic acids is 1. The van der Waals surface area contributed by atoms with Gasteiger partial charge in [0.15, 0.2) is 0 Å². The molecular weight excluding hydrogens is 420 g/mol. The van der Waals surface area contributed by atoms with E-state index in [-0.39, 0.29) is 12.3 Å². The second-order valence-electron chi connectivity index (χ2n) is 8.30. The highest BCUT2D eigenvalue weighted by Crippen LogP contribution is 2.26. The average molecular weight is 449 g/mol. The van der Waals surface area contributed by atoms with E-state index in [1.54, 1.807) is 11.1 Å². The van der Waals surface area contributed by atoms with Crippen LogP contribution in [0.25, 0.3) is 11.1 Å². The standard InChI is InChI=1S/C25H28N4O4/c30-23(27-21-8-4-5-13-26-24(21)31)16-22(25(32)33)29-15-14-28(17-29)20-11-9-19(10-12-20)18-6-2-1-3-7-18/h1-3,6-7,9-12,14-15,21-22H,4-5,8,13,16-17H2,(H,26,31)(H,27,30)(H,32,33)/t21-,22?/m0/s1. The van der Waals surface area contributed by atoms with Crippen molar-refractivity contribution in [3.05, 3.63) is 67.0 Å². The van der Waals surface area contributed by atoms with Crippen LogP contribution in [-0.4, -0.2) is 53.1 Å². The van der Waals surface area contributed by atoms with Crippen molar-refractivity contribution in [1.82, 2.24) is 15.5 Å². The summed E-state index contributed by atoms with van der Waals surface area (Å²) in [6.45, 7) is 0.919. The molecule has 3 N–H and O–H groups in total. The van der Waals surface area contributed by atoms with Crippen molar-refractivity contribution >= 4 is 23.5 Å². The summed E-state index contributed by atoms with van der Waals surface area (Å²) in [6.07, 6.45) is 5.53. The normalized spacial score (nSPS) is 19.0. The number of nitrogens with zero attached hydrogens (tertiary/aromatic N) is 2. The molecule has 1 saturated heterocycles. The number of anilines is 1. The maximum Gasteiger partial charge on any atom is 0.326 e. The summed E-state index contributed by atoms with van der Waals surface area (Å²) in [6, 6.07) is 16.5. The van der Waals surface area contributed by atoms with Crippen LogP contribution in [0, 0.1) is 0 Å². The molecule has 4 rings (SSSR count). The number of carboxylic acids is 1. The molecule has 1 fully saturated rings. The molecule has 2 amide bonds. The highest BCUT2D eigenvalue weighted by atomic mass is 16.4. The number of hydrogen-bond donors (Lipinski definition) is 3. The van der Waals surface area contributed by atoms with Gasteiger partial charge in [0.1, 0.15) is 12.1 Å². The van der Waals surface area contributed by atoms with Crippen LogP contribution in [0.5, 0.6) is 0 Å². The Hall–Kier alpha value is -3.81. The minimum Gasteiger partial charge on any atom is -0.480 e. The Bertz CT molecular complexity index is 1020. The van der Waals surface area contributed by atoms with Gasteiger partial charge in [-0.1, -0.05) is 42.5 Å². The van der Waals surface area contributed by atoms with E-state index in [4.69, 9.17) is 0 Å². The lowest BCUT2D eigenvalue weighted by Crippen LogP contribution is -2.48. The maximum atomic E-state index is 12.5. The summed E-state index contributed by atoms with van der Waals surface area (Å²) >= 11 is 0. The Morgan fingerprint density at radius 3 is 2.48 bits per heavy atom. The third kappa shape index (κ3) is 5.52. The minimum atomic E-state index is -1.08. The third-order valence-corrected chi connectivity index (χ3v) is 5.99. The van der Waals surface area contributed by atoms with Crippen molar-refractivity contribution in [3.63, 3.8) is 0 Å². The Labute approximate surface area is 192 Å². The topological polar surface area (TPSA) is 102 Å². The number of hydrogen-bond acceptors (Lipinski definition) is 5. The van der Waals surface area contributed by atoms with Gasteiger partial charge in [0.2, 0.25) is 11.8 Å². The van der Waals surface area contributed by atoms with Crippen molar-refractivity contribution < 1.29 is 19.5 Å². The van der Waals surface area contributed by atoms with Crippen LogP contribution in [0.15, 0.2) is 67.0 Å². The van der Waals surface area contributed by atoms with Gasteiger partial charge >= 0.3 is 5.97 Å². The van der Waals surface area contributed by atoms with E-state index in [9.17, 15) is 19.5 Å². The first-order valence-electron chi connectivity index (χ1n) is 11.2. The van der Waals surface area contributed by atoms with Gasteiger partial charge in [0.25, 0.3) is 0 Å². The molecule has 0 saturated carbocycles. The molecule has 0 bridgehead atoms. The number of carbonyl (C=O) groups is 3. The summed E-state index contributed by atoms with van der Waals surface area (Å²) in [5.41, 5.74) is 3.15. The van der Waals surface area contributed by atoms with E-state index in [1.165, 1.54) is 0 Å². The highest BCUT2D eigenvalue weighted by molar-refractivity contribution is 5.90. The van der Waals surface area contributed by atoms with E-state index in [0.717, 1.165) is 29.7 Å². The molecule has 0 radical (unpaired) electrons. The Morgan fingerprint density at radius 2 is 1.76 bits per heavy atom.